The highest BCUT2D eigenvalue weighted by Crippen LogP contribution is 2.45. The van der Waals surface area contributed by atoms with Crippen LogP contribution in [0.2, 0.25) is 5.02 Å². The molecule has 3 rings (SSSR count). The zero-order chi connectivity index (χ0) is 14.1. The molecule has 20 heavy (non-hydrogen) atoms. The van der Waals surface area contributed by atoms with Gasteiger partial charge in [0.1, 0.15) is 5.01 Å². The summed E-state index contributed by atoms with van der Waals surface area (Å²) < 4.78 is 0. The Bertz CT molecular complexity index is 689. The van der Waals surface area contributed by atoms with Gasteiger partial charge in [0.25, 0.3) is 0 Å². The van der Waals surface area contributed by atoms with Gasteiger partial charge in [-0.15, -0.1) is 11.3 Å². The standard InChI is InChI=1S/C15H12ClNO2S/c16-11-4-2-1-3-10(11)15-17-14(9-5-6-9)12(20-15)7-8-13(18)19/h1-4,7-9H,5-6H2,(H,18,19)/b8-7+. The fourth-order valence-corrected chi connectivity index (χ4v) is 3.38. The first-order chi connectivity index (χ1) is 9.65. The van der Waals surface area contributed by atoms with Crippen molar-refractivity contribution in [1.82, 2.24) is 4.98 Å². The summed E-state index contributed by atoms with van der Waals surface area (Å²) in [5.41, 5.74) is 1.90. The normalized spacial score (nSPS) is 14.8. The molecule has 1 aliphatic rings. The number of halogens is 1. The Balaban J connectivity index is 2.03. The van der Waals surface area contributed by atoms with Crippen molar-refractivity contribution in [1.29, 1.82) is 0 Å². The van der Waals surface area contributed by atoms with Gasteiger partial charge in [0.15, 0.2) is 0 Å². The van der Waals surface area contributed by atoms with Crippen molar-refractivity contribution in [3.05, 3.63) is 45.9 Å². The van der Waals surface area contributed by atoms with Crippen LogP contribution in [0, 0.1) is 0 Å². The number of benzene rings is 1. The van der Waals surface area contributed by atoms with E-state index < -0.39 is 5.97 Å². The van der Waals surface area contributed by atoms with Gasteiger partial charge in [-0.25, -0.2) is 9.78 Å². The number of carboxylic acids is 1. The van der Waals surface area contributed by atoms with Crippen LogP contribution in [0.1, 0.15) is 29.3 Å². The number of hydrogen-bond donors (Lipinski definition) is 1. The van der Waals surface area contributed by atoms with Crippen molar-refractivity contribution < 1.29 is 9.90 Å². The summed E-state index contributed by atoms with van der Waals surface area (Å²) >= 11 is 7.69. The highest BCUT2D eigenvalue weighted by atomic mass is 35.5. The van der Waals surface area contributed by atoms with E-state index in [0.29, 0.717) is 10.9 Å². The molecule has 0 amide bonds. The van der Waals surface area contributed by atoms with Gasteiger partial charge >= 0.3 is 5.97 Å². The maximum Gasteiger partial charge on any atom is 0.328 e. The summed E-state index contributed by atoms with van der Waals surface area (Å²) in [5, 5.41) is 10.3. The predicted molar refractivity (Wildman–Crippen MR) is 81.2 cm³/mol. The minimum atomic E-state index is -0.945. The summed E-state index contributed by atoms with van der Waals surface area (Å²) in [4.78, 5) is 16.3. The van der Waals surface area contributed by atoms with E-state index in [1.807, 2.05) is 24.3 Å². The van der Waals surface area contributed by atoms with E-state index in [1.54, 1.807) is 6.08 Å². The van der Waals surface area contributed by atoms with E-state index in [4.69, 9.17) is 16.7 Å². The molecule has 1 aliphatic carbocycles. The smallest absolute Gasteiger partial charge is 0.328 e. The number of rotatable bonds is 4. The molecule has 1 saturated carbocycles. The molecule has 0 bridgehead atoms. The summed E-state index contributed by atoms with van der Waals surface area (Å²) in [6.45, 7) is 0. The van der Waals surface area contributed by atoms with Crippen molar-refractivity contribution in [3.8, 4) is 10.6 Å². The summed E-state index contributed by atoms with van der Waals surface area (Å²) in [5.74, 6) is -0.477. The first-order valence-corrected chi connectivity index (χ1v) is 7.51. The molecule has 2 aromatic rings. The van der Waals surface area contributed by atoms with E-state index in [-0.39, 0.29) is 0 Å². The van der Waals surface area contributed by atoms with Crippen LogP contribution in [0.5, 0.6) is 0 Å². The highest BCUT2D eigenvalue weighted by molar-refractivity contribution is 7.16. The van der Waals surface area contributed by atoms with Gasteiger partial charge in [0.2, 0.25) is 0 Å². The fourth-order valence-electron chi connectivity index (χ4n) is 2.01. The Labute approximate surface area is 125 Å². The van der Waals surface area contributed by atoms with Crippen LogP contribution < -0.4 is 0 Å². The zero-order valence-corrected chi connectivity index (χ0v) is 12.1. The number of nitrogens with zero attached hydrogens (tertiary/aromatic N) is 1. The number of carboxylic acid groups (broad SMARTS) is 1. The minimum absolute atomic E-state index is 0.468. The fraction of sp³-hybridized carbons (Fsp3) is 0.200. The second-order valence-corrected chi connectivity index (χ2v) is 6.13. The van der Waals surface area contributed by atoms with Crippen LogP contribution in [-0.2, 0) is 4.79 Å². The minimum Gasteiger partial charge on any atom is -0.478 e. The lowest BCUT2D eigenvalue weighted by molar-refractivity contribution is -0.131. The van der Waals surface area contributed by atoms with Crippen molar-refractivity contribution in [2.24, 2.45) is 0 Å². The Morgan fingerprint density at radius 2 is 2.15 bits per heavy atom. The molecule has 0 spiro atoms. The molecule has 1 heterocycles. The Morgan fingerprint density at radius 1 is 1.40 bits per heavy atom. The van der Waals surface area contributed by atoms with Crippen molar-refractivity contribution >= 4 is 35.0 Å². The topological polar surface area (TPSA) is 50.2 Å². The molecule has 1 aromatic heterocycles. The van der Waals surface area contributed by atoms with Gasteiger partial charge in [0.05, 0.1) is 15.6 Å². The van der Waals surface area contributed by atoms with Gasteiger partial charge in [-0.2, -0.15) is 0 Å². The number of hydrogen-bond acceptors (Lipinski definition) is 3. The molecule has 0 unspecified atom stereocenters. The lowest BCUT2D eigenvalue weighted by atomic mass is 10.2. The third-order valence-corrected chi connectivity index (χ3v) is 4.53. The first kappa shape index (κ1) is 13.3. The summed E-state index contributed by atoms with van der Waals surface area (Å²) in [6.07, 6.45) is 5.04. The van der Waals surface area contributed by atoms with Gasteiger partial charge in [-0.3, -0.25) is 0 Å². The van der Waals surface area contributed by atoms with E-state index >= 15 is 0 Å². The lowest BCUT2D eigenvalue weighted by Gasteiger charge is -1.98. The van der Waals surface area contributed by atoms with Crippen molar-refractivity contribution in [2.45, 2.75) is 18.8 Å². The summed E-state index contributed by atoms with van der Waals surface area (Å²) in [7, 11) is 0. The van der Waals surface area contributed by atoms with Crippen molar-refractivity contribution in [2.75, 3.05) is 0 Å². The number of aliphatic carboxylic acids is 1. The molecule has 1 fully saturated rings. The molecule has 102 valence electrons. The lowest BCUT2D eigenvalue weighted by Crippen LogP contribution is -1.87. The van der Waals surface area contributed by atoms with Crippen molar-refractivity contribution in [3.63, 3.8) is 0 Å². The quantitative estimate of drug-likeness (QED) is 0.850. The predicted octanol–water partition coefficient (Wildman–Crippen LogP) is 4.44. The maximum absolute atomic E-state index is 10.7. The number of thiazole rings is 1. The summed E-state index contributed by atoms with van der Waals surface area (Å²) in [6, 6.07) is 7.57. The van der Waals surface area contributed by atoms with E-state index in [1.165, 1.54) is 11.3 Å². The van der Waals surface area contributed by atoms with Gasteiger partial charge < -0.3 is 5.11 Å². The monoisotopic (exact) mass is 305 g/mol. The van der Waals surface area contributed by atoms with Gasteiger partial charge in [-0.05, 0) is 25.0 Å². The molecule has 1 aromatic carbocycles. The average molecular weight is 306 g/mol. The average Bonchev–Trinajstić information content (AvgIpc) is 3.18. The van der Waals surface area contributed by atoms with Gasteiger partial charge in [-0.1, -0.05) is 29.8 Å². The molecular weight excluding hydrogens is 294 g/mol. The molecule has 3 nitrogen and oxygen atoms in total. The van der Waals surface area contributed by atoms with Crippen LogP contribution in [0.4, 0.5) is 0 Å². The van der Waals surface area contributed by atoms with Crippen LogP contribution >= 0.6 is 22.9 Å². The van der Waals surface area contributed by atoms with Crippen LogP contribution in [0.3, 0.4) is 0 Å². The van der Waals surface area contributed by atoms with E-state index in [2.05, 4.69) is 4.98 Å². The second kappa shape index (κ2) is 5.38. The third-order valence-electron chi connectivity index (χ3n) is 3.13. The third kappa shape index (κ3) is 2.76. The Morgan fingerprint density at radius 3 is 2.80 bits per heavy atom. The van der Waals surface area contributed by atoms with Crippen LogP contribution in [0.25, 0.3) is 16.6 Å². The van der Waals surface area contributed by atoms with Crippen LogP contribution in [-0.4, -0.2) is 16.1 Å². The molecule has 5 heteroatoms. The molecule has 0 atom stereocenters. The second-order valence-electron chi connectivity index (χ2n) is 4.69. The zero-order valence-electron chi connectivity index (χ0n) is 10.5. The molecule has 0 aliphatic heterocycles. The maximum atomic E-state index is 10.7. The Hall–Kier alpha value is -1.65. The Kier molecular flexibility index (Phi) is 3.59. The molecular formula is C15H12ClNO2S. The SMILES string of the molecule is O=C(O)/C=C/c1sc(-c2ccccc2Cl)nc1C1CC1. The highest BCUT2D eigenvalue weighted by Gasteiger charge is 2.29. The van der Waals surface area contributed by atoms with E-state index in [0.717, 1.165) is 40.1 Å². The molecule has 0 radical (unpaired) electrons. The first-order valence-electron chi connectivity index (χ1n) is 6.32. The molecule has 1 N–H and O–H groups in total. The largest absolute Gasteiger partial charge is 0.478 e. The van der Waals surface area contributed by atoms with Gasteiger partial charge in [0, 0.05) is 17.6 Å². The van der Waals surface area contributed by atoms with E-state index in [9.17, 15) is 4.79 Å². The van der Waals surface area contributed by atoms with Crippen LogP contribution in [0.15, 0.2) is 30.3 Å². The number of carbonyl (C=O) groups is 1. The molecule has 0 saturated heterocycles. The number of aromatic nitrogens is 1.